The number of carbonyl (C=O) groups is 1. The summed E-state index contributed by atoms with van der Waals surface area (Å²) in [7, 11) is 0. The molecule has 1 heterocycles. The Kier molecular flexibility index (Phi) is 9.49. The minimum absolute atomic E-state index is 0. The summed E-state index contributed by atoms with van der Waals surface area (Å²) in [6, 6.07) is 13.6. The van der Waals surface area contributed by atoms with Crippen LogP contribution in [-0.4, -0.2) is 24.0 Å². The van der Waals surface area contributed by atoms with Crippen molar-refractivity contribution in [2.75, 3.05) is 13.1 Å². The summed E-state index contributed by atoms with van der Waals surface area (Å²) in [5.74, 6) is 0.172. The van der Waals surface area contributed by atoms with Gasteiger partial charge in [-0.1, -0.05) is 37.3 Å². The Hall–Kier alpha value is -1.62. The highest BCUT2D eigenvalue weighted by Crippen LogP contribution is 2.18. The average molecular weight is 356 g/mol. The molecule has 1 atom stereocenters. The van der Waals surface area contributed by atoms with Crippen LogP contribution < -0.4 is 11.1 Å². The van der Waals surface area contributed by atoms with Crippen molar-refractivity contribution in [1.29, 1.82) is 0 Å². The van der Waals surface area contributed by atoms with Crippen molar-refractivity contribution in [3.8, 4) is 11.3 Å². The zero-order valence-corrected chi connectivity index (χ0v) is 14.9. The van der Waals surface area contributed by atoms with E-state index >= 15 is 0 Å². The van der Waals surface area contributed by atoms with E-state index in [9.17, 15) is 4.79 Å². The van der Waals surface area contributed by atoms with Gasteiger partial charge in [0, 0.05) is 12.1 Å². The van der Waals surface area contributed by atoms with Crippen molar-refractivity contribution >= 4 is 30.7 Å². The number of nitrogens with zero attached hydrogens (tertiary/aromatic N) is 1. The van der Waals surface area contributed by atoms with Crippen molar-refractivity contribution in [2.24, 2.45) is 11.7 Å². The van der Waals surface area contributed by atoms with Crippen LogP contribution in [0.25, 0.3) is 11.3 Å². The van der Waals surface area contributed by atoms with Crippen molar-refractivity contribution < 1.29 is 4.79 Å². The normalized spacial score (nSPS) is 10.9. The fourth-order valence-electron chi connectivity index (χ4n) is 2.02. The molecule has 1 amide bonds. The second-order valence-electron chi connectivity index (χ2n) is 5.25. The minimum Gasteiger partial charge on any atom is -0.352 e. The van der Waals surface area contributed by atoms with Gasteiger partial charge in [0.05, 0.1) is 17.0 Å². The van der Waals surface area contributed by atoms with Crippen molar-refractivity contribution in [2.45, 2.75) is 13.8 Å². The zero-order valence-electron chi connectivity index (χ0n) is 13.3. The van der Waals surface area contributed by atoms with E-state index in [0.717, 1.165) is 17.0 Å². The molecule has 1 unspecified atom stereocenters. The second-order valence-corrected chi connectivity index (χ2v) is 5.25. The third kappa shape index (κ3) is 5.82. The number of halogens is 2. The highest BCUT2D eigenvalue weighted by molar-refractivity contribution is 5.95. The Labute approximate surface area is 149 Å². The summed E-state index contributed by atoms with van der Waals surface area (Å²) in [6.45, 7) is 5.00. The molecule has 0 aliphatic carbocycles. The van der Waals surface area contributed by atoms with Crippen LogP contribution in [0, 0.1) is 12.8 Å². The first-order valence-corrected chi connectivity index (χ1v) is 7.13. The van der Waals surface area contributed by atoms with Gasteiger partial charge in [0.15, 0.2) is 0 Å². The van der Waals surface area contributed by atoms with Crippen molar-refractivity contribution in [1.82, 2.24) is 10.3 Å². The van der Waals surface area contributed by atoms with Crippen molar-refractivity contribution in [3.05, 3.63) is 53.7 Å². The molecule has 0 radical (unpaired) electrons. The van der Waals surface area contributed by atoms with E-state index in [1.54, 1.807) is 0 Å². The van der Waals surface area contributed by atoms with Gasteiger partial charge in [-0.3, -0.25) is 9.78 Å². The molecule has 6 heteroatoms. The van der Waals surface area contributed by atoms with Gasteiger partial charge in [-0.2, -0.15) is 0 Å². The van der Waals surface area contributed by atoms with E-state index in [4.69, 9.17) is 5.73 Å². The van der Waals surface area contributed by atoms with E-state index in [1.807, 2.05) is 56.3 Å². The largest absolute Gasteiger partial charge is 0.352 e. The van der Waals surface area contributed by atoms with Gasteiger partial charge in [0.1, 0.15) is 0 Å². The molecule has 2 rings (SSSR count). The highest BCUT2D eigenvalue weighted by atomic mass is 35.5. The van der Waals surface area contributed by atoms with Crippen molar-refractivity contribution in [3.63, 3.8) is 0 Å². The van der Waals surface area contributed by atoms with E-state index in [0.29, 0.717) is 18.7 Å². The number of nitrogens with two attached hydrogens (primary N) is 1. The lowest BCUT2D eigenvalue weighted by atomic mass is 10.1. The van der Waals surface area contributed by atoms with Crippen LogP contribution in [0.4, 0.5) is 0 Å². The number of amides is 1. The summed E-state index contributed by atoms with van der Waals surface area (Å²) in [5, 5.41) is 2.89. The number of aryl methyl sites for hydroxylation is 1. The third-order valence-electron chi connectivity index (χ3n) is 3.41. The molecule has 3 N–H and O–H groups in total. The molecule has 1 aromatic carbocycles. The Morgan fingerprint density at radius 3 is 2.39 bits per heavy atom. The van der Waals surface area contributed by atoms with Crippen LogP contribution >= 0.6 is 24.8 Å². The van der Waals surface area contributed by atoms with Gasteiger partial charge < -0.3 is 11.1 Å². The van der Waals surface area contributed by atoms with Gasteiger partial charge >= 0.3 is 0 Å². The molecule has 0 aliphatic rings. The maximum Gasteiger partial charge on any atom is 0.253 e. The Morgan fingerprint density at radius 1 is 1.17 bits per heavy atom. The van der Waals surface area contributed by atoms with E-state index in [-0.39, 0.29) is 36.6 Å². The van der Waals surface area contributed by atoms with Crippen LogP contribution in [-0.2, 0) is 0 Å². The monoisotopic (exact) mass is 355 g/mol. The first kappa shape index (κ1) is 21.4. The fourth-order valence-corrected chi connectivity index (χ4v) is 2.02. The maximum absolute atomic E-state index is 12.1. The molecular weight excluding hydrogens is 333 g/mol. The quantitative estimate of drug-likeness (QED) is 0.864. The molecule has 0 saturated heterocycles. The summed E-state index contributed by atoms with van der Waals surface area (Å²) in [6.07, 6.45) is 0. The van der Waals surface area contributed by atoms with Crippen LogP contribution in [0.3, 0.4) is 0 Å². The standard InChI is InChI=1S/C17H21N3O.2ClH/c1-12(10-18)11-19-17(21)15-8-9-16(20-13(15)2)14-6-4-3-5-7-14;;/h3-9,12H,10-11,18H2,1-2H3,(H,19,21);2*1H. The average Bonchev–Trinajstić information content (AvgIpc) is 2.53. The topological polar surface area (TPSA) is 68.0 Å². The third-order valence-corrected chi connectivity index (χ3v) is 3.41. The number of rotatable bonds is 5. The van der Waals surface area contributed by atoms with Gasteiger partial charge in [0.25, 0.3) is 5.91 Å². The van der Waals surface area contributed by atoms with Crippen LogP contribution in [0.1, 0.15) is 23.0 Å². The van der Waals surface area contributed by atoms with Crippen LogP contribution in [0.2, 0.25) is 0 Å². The number of hydrogen-bond acceptors (Lipinski definition) is 3. The first-order valence-electron chi connectivity index (χ1n) is 7.13. The van der Waals surface area contributed by atoms with Crippen LogP contribution in [0.15, 0.2) is 42.5 Å². The lowest BCUT2D eigenvalue weighted by molar-refractivity contribution is 0.0947. The molecule has 23 heavy (non-hydrogen) atoms. The summed E-state index contributed by atoms with van der Waals surface area (Å²) in [4.78, 5) is 16.7. The molecule has 0 fully saturated rings. The number of carbonyl (C=O) groups excluding carboxylic acids is 1. The zero-order chi connectivity index (χ0) is 15.2. The van der Waals surface area contributed by atoms with E-state index in [2.05, 4.69) is 10.3 Å². The lowest BCUT2D eigenvalue weighted by Gasteiger charge is -2.12. The predicted octanol–water partition coefficient (Wildman–Crippen LogP) is 3.23. The Balaban J connectivity index is 0.00000242. The Bertz CT molecular complexity index is 620. The first-order chi connectivity index (χ1) is 10.1. The molecule has 1 aromatic heterocycles. The SMILES string of the molecule is Cc1nc(-c2ccccc2)ccc1C(=O)NCC(C)CN.Cl.Cl. The fraction of sp³-hybridized carbons (Fsp3) is 0.294. The lowest BCUT2D eigenvalue weighted by Crippen LogP contribution is -2.31. The van der Waals surface area contributed by atoms with Crippen LogP contribution in [0.5, 0.6) is 0 Å². The highest BCUT2D eigenvalue weighted by Gasteiger charge is 2.12. The van der Waals surface area contributed by atoms with Gasteiger partial charge in [0.2, 0.25) is 0 Å². The molecule has 2 aromatic rings. The van der Waals surface area contributed by atoms with E-state index < -0.39 is 0 Å². The molecule has 0 spiro atoms. The predicted molar refractivity (Wildman–Crippen MR) is 99.5 cm³/mol. The molecule has 126 valence electrons. The van der Waals surface area contributed by atoms with Gasteiger partial charge in [-0.15, -0.1) is 24.8 Å². The second kappa shape index (κ2) is 10.2. The summed E-state index contributed by atoms with van der Waals surface area (Å²) >= 11 is 0. The smallest absolute Gasteiger partial charge is 0.253 e. The maximum atomic E-state index is 12.1. The number of aromatic nitrogens is 1. The molecule has 0 saturated carbocycles. The molecular formula is C17H23Cl2N3O. The molecule has 0 bridgehead atoms. The number of hydrogen-bond donors (Lipinski definition) is 2. The molecule has 0 aliphatic heterocycles. The van der Waals surface area contributed by atoms with Gasteiger partial charge in [-0.25, -0.2) is 0 Å². The number of benzene rings is 1. The number of pyridine rings is 1. The Morgan fingerprint density at radius 2 is 1.83 bits per heavy atom. The van der Waals surface area contributed by atoms with Gasteiger partial charge in [-0.05, 0) is 31.5 Å². The summed E-state index contributed by atoms with van der Waals surface area (Å²) in [5.41, 5.74) is 8.81. The molecule has 4 nitrogen and oxygen atoms in total. The number of nitrogens with one attached hydrogen (secondary N) is 1. The van der Waals surface area contributed by atoms with E-state index in [1.165, 1.54) is 0 Å². The minimum atomic E-state index is -0.0973. The summed E-state index contributed by atoms with van der Waals surface area (Å²) < 4.78 is 0.